The van der Waals surface area contributed by atoms with Gasteiger partial charge in [-0.25, -0.2) is 9.34 Å². The van der Waals surface area contributed by atoms with Crippen LogP contribution in [-0.4, -0.2) is 48.3 Å². The third-order valence-electron chi connectivity index (χ3n) is 2.83. The van der Waals surface area contributed by atoms with E-state index >= 15 is 0 Å². The molecule has 0 aliphatic rings. The van der Waals surface area contributed by atoms with Crippen LogP contribution in [0.2, 0.25) is 0 Å². The average molecular weight is 360 g/mol. The quantitative estimate of drug-likeness (QED) is 0.540. The molecule has 0 fully saturated rings. The molecule has 0 spiro atoms. The van der Waals surface area contributed by atoms with Crippen LogP contribution in [0.1, 0.15) is 41.5 Å². The lowest BCUT2D eigenvalue weighted by atomic mass is 10.5. The molecule has 0 saturated carbocycles. The minimum absolute atomic E-state index is 0.0580. The van der Waals surface area contributed by atoms with E-state index in [-0.39, 0.29) is 6.10 Å². The summed E-state index contributed by atoms with van der Waals surface area (Å²) < 4.78 is 16.6. The van der Waals surface area contributed by atoms with Crippen LogP contribution < -0.4 is 0 Å². The van der Waals surface area contributed by atoms with Gasteiger partial charge in [0.2, 0.25) is 6.57 Å². The van der Waals surface area contributed by atoms with Gasteiger partial charge in [-0.05, 0) is 37.5 Å². The topological polar surface area (TPSA) is 24.9 Å². The molecular weight excluding hydrogens is 330 g/mol. The summed E-state index contributed by atoms with van der Waals surface area (Å²) >= 11 is 11.5. The third-order valence-corrected chi connectivity index (χ3v) is 11.1. The van der Waals surface area contributed by atoms with E-state index in [2.05, 4.69) is 37.0 Å². The van der Waals surface area contributed by atoms with Crippen LogP contribution in [0, 0.1) is 0 Å². The molecule has 0 amide bonds. The maximum Gasteiger partial charge on any atom is 0.209 e. The Morgan fingerprint density at radius 1 is 0.900 bits per heavy atom. The molecular formula is C12H30N2O2P2S2. The van der Waals surface area contributed by atoms with Crippen LogP contribution in [0.4, 0.5) is 0 Å². The zero-order valence-corrected chi connectivity index (χ0v) is 17.2. The summed E-state index contributed by atoms with van der Waals surface area (Å²) in [6.07, 6.45) is 0.0580. The van der Waals surface area contributed by atoms with Crippen molar-refractivity contribution in [1.82, 2.24) is 9.34 Å². The zero-order chi connectivity index (χ0) is 16.0. The van der Waals surface area contributed by atoms with E-state index in [4.69, 9.17) is 32.4 Å². The molecule has 0 aliphatic carbocycles. The normalized spacial score (nSPS) is 16.1. The number of hydrogen-bond donors (Lipinski definition) is 0. The Morgan fingerprint density at radius 3 is 1.50 bits per heavy atom. The highest BCUT2D eigenvalue weighted by Gasteiger charge is 2.35. The van der Waals surface area contributed by atoms with E-state index in [1.165, 1.54) is 0 Å². The van der Waals surface area contributed by atoms with E-state index in [1.54, 1.807) is 0 Å². The Balaban J connectivity index is 5.44. The van der Waals surface area contributed by atoms with Gasteiger partial charge in [0, 0.05) is 32.8 Å². The number of rotatable bonds is 10. The van der Waals surface area contributed by atoms with Crippen molar-refractivity contribution in [3.8, 4) is 0 Å². The van der Waals surface area contributed by atoms with Crippen molar-refractivity contribution in [3.05, 3.63) is 0 Å². The maximum atomic E-state index is 6.31. The summed E-state index contributed by atoms with van der Waals surface area (Å²) in [5.41, 5.74) is 0. The summed E-state index contributed by atoms with van der Waals surface area (Å²) in [6.45, 7) is 13.1. The van der Waals surface area contributed by atoms with Crippen LogP contribution >= 0.6 is 13.1 Å². The van der Waals surface area contributed by atoms with Crippen molar-refractivity contribution in [2.45, 2.75) is 47.6 Å². The highest BCUT2D eigenvalue weighted by Crippen LogP contribution is 2.66. The van der Waals surface area contributed by atoms with E-state index in [0.717, 1.165) is 26.2 Å². The zero-order valence-electron chi connectivity index (χ0n) is 13.8. The fourth-order valence-electron chi connectivity index (χ4n) is 2.04. The molecule has 0 bridgehead atoms. The Kier molecular flexibility index (Phi) is 9.85. The van der Waals surface area contributed by atoms with Crippen molar-refractivity contribution in [2.75, 3.05) is 32.8 Å². The van der Waals surface area contributed by atoms with Gasteiger partial charge in [-0.15, -0.1) is 0 Å². The standard InChI is InChI=1S/C12H30N2O2P2S2/c1-8-13(9-2)18(20,14(10-3)11-4)16-17(7,19)15-12(5)6/h12H,8-11H2,1-7H3/t17-/m1/s1. The summed E-state index contributed by atoms with van der Waals surface area (Å²) in [6, 6.07) is 0. The molecule has 0 aliphatic heterocycles. The van der Waals surface area contributed by atoms with Gasteiger partial charge >= 0.3 is 0 Å². The first-order chi connectivity index (χ1) is 9.16. The molecule has 1 atom stereocenters. The van der Waals surface area contributed by atoms with Crippen molar-refractivity contribution < 1.29 is 8.83 Å². The van der Waals surface area contributed by atoms with Gasteiger partial charge in [0.05, 0.1) is 6.10 Å². The van der Waals surface area contributed by atoms with Crippen molar-refractivity contribution in [2.24, 2.45) is 0 Å². The summed E-state index contributed by atoms with van der Waals surface area (Å²) in [5.74, 6) is 0. The largest absolute Gasteiger partial charge is 0.326 e. The first kappa shape index (κ1) is 21.1. The highest BCUT2D eigenvalue weighted by atomic mass is 32.5. The first-order valence-electron chi connectivity index (χ1n) is 7.24. The molecule has 0 aromatic rings. The van der Waals surface area contributed by atoms with Gasteiger partial charge in [0.1, 0.15) is 0 Å². The van der Waals surface area contributed by atoms with Crippen LogP contribution in [0.3, 0.4) is 0 Å². The third kappa shape index (κ3) is 6.10. The Morgan fingerprint density at radius 2 is 1.25 bits per heavy atom. The second kappa shape index (κ2) is 9.32. The van der Waals surface area contributed by atoms with Gasteiger partial charge < -0.3 is 4.52 Å². The monoisotopic (exact) mass is 360 g/mol. The second-order valence-electron chi connectivity index (χ2n) is 4.78. The fraction of sp³-hybridized carbons (Fsp3) is 1.00. The second-order valence-corrected chi connectivity index (χ2v) is 12.7. The molecule has 4 nitrogen and oxygen atoms in total. The van der Waals surface area contributed by atoms with E-state index in [0.29, 0.717) is 0 Å². The van der Waals surface area contributed by atoms with Crippen LogP contribution in [0.25, 0.3) is 0 Å². The molecule has 0 rings (SSSR count). The van der Waals surface area contributed by atoms with Crippen molar-refractivity contribution >= 4 is 36.7 Å². The molecule has 0 N–H and O–H groups in total. The molecule has 8 heteroatoms. The molecule has 0 radical (unpaired) electrons. The van der Waals surface area contributed by atoms with Crippen molar-refractivity contribution in [1.29, 1.82) is 0 Å². The van der Waals surface area contributed by atoms with Gasteiger partial charge in [-0.1, -0.05) is 27.7 Å². The van der Waals surface area contributed by atoms with E-state index < -0.39 is 13.1 Å². The molecule has 0 unspecified atom stereocenters. The lowest BCUT2D eigenvalue weighted by Gasteiger charge is -2.42. The van der Waals surface area contributed by atoms with Crippen LogP contribution in [-0.2, 0) is 32.4 Å². The van der Waals surface area contributed by atoms with Crippen LogP contribution in [0.15, 0.2) is 0 Å². The smallest absolute Gasteiger partial charge is 0.209 e. The average Bonchev–Trinajstić information content (AvgIpc) is 2.28. The summed E-state index contributed by atoms with van der Waals surface area (Å²) in [7, 11) is 0. The summed E-state index contributed by atoms with van der Waals surface area (Å²) in [4.78, 5) is 0. The van der Waals surface area contributed by atoms with Gasteiger partial charge in [-0.3, -0.25) is 4.31 Å². The number of hydrogen-bond acceptors (Lipinski definition) is 4. The Hall–Kier alpha value is 1.14. The molecule has 20 heavy (non-hydrogen) atoms. The molecule has 0 heterocycles. The maximum absolute atomic E-state index is 6.31. The van der Waals surface area contributed by atoms with Crippen LogP contribution in [0.5, 0.6) is 0 Å². The Labute approximate surface area is 135 Å². The van der Waals surface area contributed by atoms with Gasteiger partial charge in [0.25, 0.3) is 0 Å². The first-order valence-corrected chi connectivity index (χ1v) is 13.0. The minimum atomic E-state index is -2.34. The SMILES string of the molecule is CCN(CC)P(=S)(O[P@](C)(=S)OC(C)C)N(CC)CC. The highest BCUT2D eigenvalue weighted by molar-refractivity contribution is 8.17. The molecule has 0 aromatic heterocycles. The molecule has 0 aromatic carbocycles. The van der Waals surface area contributed by atoms with E-state index in [9.17, 15) is 0 Å². The van der Waals surface area contributed by atoms with Gasteiger partial charge in [0.15, 0.2) is 6.49 Å². The predicted molar refractivity (Wildman–Crippen MR) is 97.6 cm³/mol. The lowest BCUT2D eigenvalue weighted by Crippen LogP contribution is -2.32. The van der Waals surface area contributed by atoms with E-state index in [1.807, 2.05) is 20.5 Å². The minimum Gasteiger partial charge on any atom is -0.326 e. The van der Waals surface area contributed by atoms with Crippen molar-refractivity contribution in [3.63, 3.8) is 0 Å². The summed E-state index contributed by atoms with van der Waals surface area (Å²) in [5, 5.41) is 0. The van der Waals surface area contributed by atoms with Gasteiger partial charge in [-0.2, -0.15) is 0 Å². The fourth-order valence-corrected chi connectivity index (χ4v) is 11.4. The molecule has 0 saturated heterocycles. The molecule has 122 valence electrons. The number of nitrogens with zero attached hydrogens (tertiary/aromatic N) is 2. The predicted octanol–water partition coefficient (Wildman–Crippen LogP) is 4.28. The Bertz CT molecular complexity index is 356. The lowest BCUT2D eigenvalue weighted by molar-refractivity contribution is 0.239.